The van der Waals surface area contributed by atoms with Crippen LogP contribution >= 0.6 is 0 Å². The zero-order chi connectivity index (χ0) is 23.6. The molecule has 2 aromatic carbocycles. The van der Waals surface area contributed by atoms with E-state index in [0.717, 1.165) is 11.3 Å². The Morgan fingerprint density at radius 1 is 1.15 bits per heavy atom. The Balaban J connectivity index is 1.71. The van der Waals surface area contributed by atoms with E-state index in [9.17, 15) is 19.3 Å². The second-order valence-corrected chi connectivity index (χ2v) is 7.54. The van der Waals surface area contributed by atoms with Crippen LogP contribution < -0.4 is 0 Å². The van der Waals surface area contributed by atoms with E-state index in [1.54, 1.807) is 42.4 Å². The normalized spacial score (nSPS) is 11.1. The fraction of sp³-hybridized carbons (Fsp3) is 0.240. The van der Waals surface area contributed by atoms with Gasteiger partial charge in [-0.05, 0) is 60.0 Å². The molecule has 0 radical (unpaired) electrons. The lowest BCUT2D eigenvalue weighted by molar-refractivity contribution is -0.384. The summed E-state index contributed by atoms with van der Waals surface area (Å²) >= 11 is 0. The minimum absolute atomic E-state index is 0.00147. The SMILES string of the molecule is COCCCN(Cc1cccn1Cc1ccc(F)cc1)C(=O)/C=C/c1ccc([N+](=O)[O-])cc1. The number of methoxy groups -OCH3 is 1. The number of aromatic nitrogens is 1. The van der Waals surface area contributed by atoms with Crippen molar-refractivity contribution in [3.63, 3.8) is 0 Å². The highest BCUT2D eigenvalue weighted by atomic mass is 19.1. The van der Waals surface area contributed by atoms with Gasteiger partial charge in [-0.25, -0.2) is 4.39 Å². The van der Waals surface area contributed by atoms with Crippen LogP contribution in [0.25, 0.3) is 6.08 Å². The van der Waals surface area contributed by atoms with Crippen LogP contribution in [0, 0.1) is 15.9 Å². The van der Waals surface area contributed by atoms with E-state index in [1.165, 1.54) is 30.3 Å². The molecule has 1 aromatic heterocycles. The summed E-state index contributed by atoms with van der Waals surface area (Å²) in [6.07, 6.45) is 5.74. The molecule has 0 N–H and O–H groups in total. The molecular weight excluding hydrogens is 425 g/mol. The molecule has 0 bridgehead atoms. The van der Waals surface area contributed by atoms with Gasteiger partial charge in [0.1, 0.15) is 5.82 Å². The first-order chi connectivity index (χ1) is 16.0. The molecule has 0 spiro atoms. The Kier molecular flexibility index (Phi) is 8.49. The van der Waals surface area contributed by atoms with Crippen LogP contribution in [0.3, 0.4) is 0 Å². The smallest absolute Gasteiger partial charge is 0.269 e. The number of nitro benzene ring substituents is 1. The quantitative estimate of drug-likeness (QED) is 0.184. The van der Waals surface area contributed by atoms with Gasteiger partial charge < -0.3 is 14.2 Å². The lowest BCUT2D eigenvalue weighted by Gasteiger charge is -2.22. The van der Waals surface area contributed by atoms with Crippen molar-refractivity contribution in [3.8, 4) is 0 Å². The summed E-state index contributed by atoms with van der Waals surface area (Å²) in [6, 6.07) is 16.2. The van der Waals surface area contributed by atoms with Crippen molar-refractivity contribution in [2.45, 2.75) is 19.5 Å². The maximum atomic E-state index is 13.2. The van der Waals surface area contributed by atoms with Crippen molar-refractivity contribution in [2.75, 3.05) is 20.3 Å². The van der Waals surface area contributed by atoms with E-state index in [1.807, 2.05) is 22.9 Å². The summed E-state index contributed by atoms with van der Waals surface area (Å²) < 4.78 is 20.4. The highest BCUT2D eigenvalue weighted by molar-refractivity contribution is 5.91. The van der Waals surface area contributed by atoms with E-state index < -0.39 is 4.92 Å². The molecule has 0 atom stereocenters. The molecule has 172 valence electrons. The number of nitrogens with zero attached hydrogens (tertiary/aromatic N) is 3. The van der Waals surface area contributed by atoms with Crippen molar-refractivity contribution in [3.05, 3.63) is 106 Å². The number of non-ortho nitro benzene ring substituents is 1. The van der Waals surface area contributed by atoms with Gasteiger partial charge in [-0.3, -0.25) is 14.9 Å². The molecule has 0 fully saturated rings. The van der Waals surface area contributed by atoms with E-state index >= 15 is 0 Å². The molecule has 3 rings (SSSR count). The average molecular weight is 451 g/mol. The summed E-state index contributed by atoms with van der Waals surface area (Å²) in [5.41, 5.74) is 2.62. The van der Waals surface area contributed by atoms with Crippen LogP contribution in [0.4, 0.5) is 10.1 Å². The molecule has 0 saturated carbocycles. The highest BCUT2D eigenvalue weighted by Crippen LogP contribution is 2.15. The number of amides is 1. The largest absolute Gasteiger partial charge is 0.385 e. The zero-order valence-corrected chi connectivity index (χ0v) is 18.4. The van der Waals surface area contributed by atoms with Crippen molar-refractivity contribution in [1.82, 2.24) is 9.47 Å². The topological polar surface area (TPSA) is 77.6 Å². The maximum Gasteiger partial charge on any atom is 0.269 e. The van der Waals surface area contributed by atoms with Gasteiger partial charge in [0.15, 0.2) is 0 Å². The van der Waals surface area contributed by atoms with Gasteiger partial charge in [-0.2, -0.15) is 0 Å². The molecule has 33 heavy (non-hydrogen) atoms. The number of benzene rings is 2. The first-order valence-electron chi connectivity index (χ1n) is 10.5. The second kappa shape index (κ2) is 11.7. The van der Waals surface area contributed by atoms with Gasteiger partial charge in [0.2, 0.25) is 5.91 Å². The van der Waals surface area contributed by atoms with Gasteiger partial charge in [0.25, 0.3) is 5.69 Å². The Morgan fingerprint density at radius 3 is 2.55 bits per heavy atom. The number of nitro groups is 1. The van der Waals surface area contributed by atoms with Crippen LogP contribution in [0.5, 0.6) is 0 Å². The lowest BCUT2D eigenvalue weighted by atomic mass is 10.2. The average Bonchev–Trinajstić information content (AvgIpc) is 3.25. The van der Waals surface area contributed by atoms with Crippen molar-refractivity contribution < 1.29 is 18.8 Å². The lowest BCUT2D eigenvalue weighted by Crippen LogP contribution is -2.31. The summed E-state index contributed by atoms with van der Waals surface area (Å²) in [4.78, 5) is 25.0. The Bertz CT molecular complexity index is 1090. The molecule has 7 nitrogen and oxygen atoms in total. The van der Waals surface area contributed by atoms with Crippen LogP contribution in [0.1, 0.15) is 23.2 Å². The predicted octanol–water partition coefficient (Wildman–Crippen LogP) is 4.66. The van der Waals surface area contributed by atoms with Crippen LogP contribution in [-0.2, 0) is 22.6 Å². The van der Waals surface area contributed by atoms with Crippen LogP contribution in [0.2, 0.25) is 0 Å². The number of hydrogen-bond acceptors (Lipinski definition) is 4. The van der Waals surface area contributed by atoms with E-state index in [4.69, 9.17) is 4.74 Å². The fourth-order valence-corrected chi connectivity index (χ4v) is 3.38. The summed E-state index contributed by atoms with van der Waals surface area (Å²) in [5, 5.41) is 10.8. The van der Waals surface area contributed by atoms with E-state index in [0.29, 0.717) is 38.2 Å². The summed E-state index contributed by atoms with van der Waals surface area (Å²) in [6.45, 7) is 2.02. The summed E-state index contributed by atoms with van der Waals surface area (Å²) in [7, 11) is 1.62. The van der Waals surface area contributed by atoms with Crippen molar-refractivity contribution in [1.29, 1.82) is 0 Å². The number of carbonyl (C=O) groups excluding carboxylic acids is 1. The van der Waals surface area contributed by atoms with Gasteiger partial charge >= 0.3 is 0 Å². The third-order valence-electron chi connectivity index (χ3n) is 5.15. The molecule has 3 aromatic rings. The minimum atomic E-state index is -0.461. The first kappa shape index (κ1) is 23.9. The predicted molar refractivity (Wildman–Crippen MR) is 124 cm³/mol. The number of carbonyl (C=O) groups is 1. The van der Waals surface area contributed by atoms with Crippen LogP contribution in [0.15, 0.2) is 72.9 Å². The van der Waals surface area contributed by atoms with Gasteiger partial charge in [0, 0.05) is 56.9 Å². The maximum absolute atomic E-state index is 13.2. The molecule has 1 amide bonds. The molecule has 8 heteroatoms. The Morgan fingerprint density at radius 2 is 1.88 bits per heavy atom. The van der Waals surface area contributed by atoms with Gasteiger partial charge in [0.05, 0.1) is 11.5 Å². The first-order valence-corrected chi connectivity index (χ1v) is 10.5. The van der Waals surface area contributed by atoms with E-state index in [-0.39, 0.29) is 17.4 Å². The number of hydrogen-bond donors (Lipinski definition) is 0. The number of ether oxygens (including phenoxy) is 1. The van der Waals surface area contributed by atoms with Gasteiger partial charge in [-0.1, -0.05) is 12.1 Å². The molecular formula is C25H26FN3O4. The Hall–Kier alpha value is -3.78. The molecule has 0 saturated heterocycles. The molecule has 0 aliphatic carbocycles. The fourth-order valence-electron chi connectivity index (χ4n) is 3.38. The second-order valence-electron chi connectivity index (χ2n) is 7.54. The monoisotopic (exact) mass is 451 g/mol. The van der Waals surface area contributed by atoms with Crippen molar-refractivity contribution in [2.24, 2.45) is 0 Å². The van der Waals surface area contributed by atoms with Gasteiger partial charge in [-0.15, -0.1) is 0 Å². The molecule has 0 aliphatic heterocycles. The molecule has 0 unspecified atom stereocenters. The van der Waals surface area contributed by atoms with Crippen LogP contribution in [-0.4, -0.2) is 40.6 Å². The molecule has 1 heterocycles. The van der Waals surface area contributed by atoms with E-state index in [2.05, 4.69) is 0 Å². The third kappa shape index (κ3) is 7.11. The summed E-state index contributed by atoms with van der Waals surface area (Å²) in [5.74, 6) is -0.444. The number of rotatable bonds is 11. The third-order valence-corrected chi connectivity index (χ3v) is 5.15. The zero-order valence-electron chi connectivity index (χ0n) is 18.4. The number of halogens is 1. The standard InChI is InChI=1S/C25H26FN3O4/c1-33-17-3-16-28(25(30)14-9-20-7-12-23(13-8-20)29(31)32)19-24-4-2-15-27(24)18-21-5-10-22(26)11-6-21/h2,4-15H,3,16-19H2,1H3/b14-9+. The molecule has 0 aliphatic rings. The van der Waals surface area contributed by atoms with Crippen molar-refractivity contribution >= 4 is 17.7 Å². The Labute approximate surface area is 191 Å². The minimum Gasteiger partial charge on any atom is -0.385 e. The highest BCUT2D eigenvalue weighted by Gasteiger charge is 2.14.